The van der Waals surface area contributed by atoms with E-state index in [4.69, 9.17) is 11.6 Å². The van der Waals surface area contributed by atoms with Crippen molar-refractivity contribution in [1.82, 2.24) is 5.32 Å². The Morgan fingerprint density at radius 1 is 1.28 bits per heavy atom. The lowest BCUT2D eigenvalue weighted by molar-refractivity contribution is -0.121. The van der Waals surface area contributed by atoms with Crippen molar-refractivity contribution in [3.63, 3.8) is 0 Å². The molecule has 1 N–H and O–H groups in total. The zero-order valence-corrected chi connectivity index (χ0v) is 11.3. The van der Waals surface area contributed by atoms with Crippen molar-refractivity contribution in [3.8, 4) is 0 Å². The van der Waals surface area contributed by atoms with E-state index in [1.165, 1.54) is 5.56 Å². The van der Waals surface area contributed by atoms with Gasteiger partial charge in [0, 0.05) is 12.5 Å². The van der Waals surface area contributed by atoms with Crippen LogP contribution < -0.4 is 5.32 Å². The highest BCUT2D eigenvalue weighted by Gasteiger charge is 2.26. The van der Waals surface area contributed by atoms with E-state index >= 15 is 0 Å². The molecule has 0 aliphatic heterocycles. The second kappa shape index (κ2) is 6.79. The highest BCUT2D eigenvalue weighted by molar-refractivity contribution is 6.21. The zero-order chi connectivity index (χ0) is 12.8. The van der Waals surface area contributed by atoms with Crippen LogP contribution in [-0.4, -0.2) is 17.3 Å². The summed E-state index contributed by atoms with van der Waals surface area (Å²) in [6.45, 7) is 0. The number of alkyl halides is 1. The third-order valence-corrected chi connectivity index (χ3v) is 4.01. The smallest absolute Gasteiger partial charge is 0.220 e. The van der Waals surface area contributed by atoms with Crippen molar-refractivity contribution in [2.75, 3.05) is 0 Å². The molecule has 0 radical (unpaired) electrons. The fourth-order valence-corrected chi connectivity index (χ4v) is 2.80. The Kier molecular flexibility index (Phi) is 5.06. The summed E-state index contributed by atoms with van der Waals surface area (Å²) in [4.78, 5) is 11.8. The van der Waals surface area contributed by atoms with Gasteiger partial charge in [0.05, 0.1) is 5.38 Å². The molecule has 3 heteroatoms. The minimum atomic E-state index is 0.128. The molecule has 0 aromatic heterocycles. The molecule has 2 nitrogen and oxygen atoms in total. The summed E-state index contributed by atoms with van der Waals surface area (Å²) in [6, 6.07) is 10.5. The van der Waals surface area contributed by atoms with E-state index in [9.17, 15) is 4.79 Å². The van der Waals surface area contributed by atoms with Crippen molar-refractivity contribution in [2.45, 2.75) is 49.9 Å². The summed E-state index contributed by atoms with van der Waals surface area (Å²) in [6.07, 6.45) is 5.63. The molecule has 1 fully saturated rings. The molecular weight excluding hydrogens is 246 g/mol. The average Bonchev–Trinajstić information content (AvgIpc) is 2.76. The molecule has 2 unspecified atom stereocenters. The molecule has 98 valence electrons. The van der Waals surface area contributed by atoms with Gasteiger partial charge < -0.3 is 5.32 Å². The quantitative estimate of drug-likeness (QED) is 0.814. The lowest BCUT2D eigenvalue weighted by Crippen LogP contribution is -2.37. The van der Waals surface area contributed by atoms with Crippen LogP contribution in [0.3, 0.4) is 0 Å². The van der Waals surface area contributed by atoms with E-state index in [2.05, 4.69) is 17.4 Å². The van der Waals surface area contributed by atoms with Gasteiger partial charge in [-0.25, -0.2) is 0 Å². The first kappa shape index (κ1) is 13.4. The van der Waals surface area contributed by atoms with Crippen LogP contribution in [0.15, 0.2) is 30.3 Å². The molecule has 2 rings (SSSR count). The lowest BCUT2D eigenvalue weighted by Gasteiger charge is -2.15. The molecule has 0 spiro atoms. The Hall–Kier alpha value is -1.02. The normalized spacial score (nSPS) is 22.9. The second-order valence-electron chi connectivity index (χ2n) is 4.96. The predicted octanol–water partition coefficient (Wildman–Crippen LogP) is 3.29. The van der Waals surface area contributed by atoms with Crippen molar-refractivity contribution in [2.24, 2.45) is 0 Å². The minimum Gasteiger partial charge on any atom is -0.352 e. The molecule has 1 aliphatic rings. The molecule has 2 atom stereocenters. The zero-order valence-electron chi connectivity index (χ0n) is 10.6. The third-order valence-electron chi connectivity index (χ3n) is 3.49. The number of carbonyl (C=O) groups excluding carboxylic acids is 1. The Morgan fingerprint density at radius 3 is 2.72 bits per heavy atom. The van der Waals surface area contributed by atoms with Gasteiger partial charge in [0.25, 0.3) is 0 Å². The number of rotatable bonds is 5. The first-order valence-electron chi connectivity index (χ1n) is 6.73. The van der Waals surface area contributed by atoms with Crippen LogP contribution in [-0.2, 0) is 11.2 Å². The molecule has 0 saturated heterocycles. The maximum atomic E-state index is 11.8. The van der Waals surface area contributed by atoms with Gasteiger partial charge in [-0.3, -0.25) is 4.79 Å². The van der Waals surface area contributed by atoms with Gasteiger partial charge in [-0.1, -0.05) is 30.3 Å². The van der Waals surface area contributed by atoms with Crippen LogP contribution in [0.1, 0.15) is 37.7 Å². The molecule has 1 aromatic carbocycles. The van der Waals surface area contributed by atoms with E-state index in [0.717, 1.165) is 32.1 Å². The topological polar surface area (TPSA) is 29.1 Å². The number of carbonyl (C=O) groups is 1. The Balaban J connectivity index is 1.66. The summed E-state index contributed by atoms with van der Waals surface area (Å²) in [7, 11) is 0. The minimum absolute atomic E-state index is 0.128. The van der Waals surface area contributed by atoms with Crippen LogP contribution in [0.5, 0.6) is 0 Å². The van der Waals surface area contributed by atoms with E-state index in [0.29, 0.717) is 6.42 Å². The standard InChI is InChI=1S/C15H20ClNO/c16-13-9-5-10-14(13)17-15(18)11-4-8-12-6-2-1-3-7-12/h1-3,6-7,13-14H,4-5,8-11H2,(H,17,18). The maximum Gasteiger partial charge on any atom is 0.220 e. The summed E-state index contributed by atoms with van der Waals surface area (Å²) < 4.78 is 0. The van der Waals surface area contributed by atoms with Crippen LogP contribution in [0.4, 0.5) is 0 Å². The van der Waals surface area contributed by atoms with Crippen LogP contribution in [0, 0.1) is 0 Å². The fraction of sp³-hybridized carbons (Fsp3) is 0.533. The van der Waals surface area contributed by atoms with Crippen molar-refractivity contribution in [3.05, 3.63) is 35.9 Å². The van der Waals surface area contributed by atoms with Gasteiger partial charge in [0.15, 0.2) is 0 Å². The van der Waals surface area contributed by atoms with Gasteiger partial charge >= 0.3 is 0 Å². The monoisotopic (exact) mass is 265 g/mol. The number of nitrogens with one attached hydrogen (secondary N) is 1. The third kappa shape index (κ3) is 4.02. The largest absolute Gasteiger partial charge is 0.352 e. The molecule has 1 aliphatic carbocycles. The average molecular weight is 266 g/mol. The van der Waals surface area contributed by atoms with Crippen molar-refractivity contribution in [1.29, 1.82) is 0 Å². The van der Waals surface area contributed by atoms with E-state index < -0.39 is 0 Å². The Morgan fingerprint density at radius 2 is 2.06 bits per heavy atom. The van der Waals surface area contributed by atoms with E-state index in [1.807, 2.05) is 18.2 Å². The van der Waals surface area contributed by atoms with Gasteiger partial charge in [0.1, 0.15) is 0 Å². The second-order valence-corrected chi connectivity index (χ2v) is 5.52. The Labute approximate surface area is 114 Å². The van der Waals surface area contributed by atoms with Gasteiger partial charge in [-0.15, -0.1) is 11.6 Å². The number of benzene rings is 1. The first-order valence-corrected chi connectivity index (χ1v) is 7.17. The highest BCUT2D eigenvalue weighted by atomic mass is 35.5. The molecule has 0 heterocycles. The summed E-state index contributed by atoms with van der Waals surface area (Å²) in [5, 5.41) is 3.17. The lowest BCUT2D eigenvalue weighted by atomic mass is 10.1. The summed E-state index contributed by atoms with van der Waals surface area (Å²) in [5.41, 5.74) is 1.29. The SMILES string of the molecule is O=C(CCCc1ccccc1)NC1CCCC1Cl. The Bertz CT molecular complexity index is 379. The van der Waals surface area contributed by atoms with Gasteiger partial charge in [-0.05, 0) is 37.7 Å². The van der Waals surface area contributed by atoms with Crippen molar-refractivity contribution >= 4 is 17.5 Å². The maximum absolute atomic E-state index is 11.8. The van der Waals surface area contributed by atoms with E-state index in [1.54, 1.807) is 0 Å². The molecule has 1 aromatic rings. The van der Waals surface area contributed by atoms with Crippen molar-refractivity contribution < 1.29 is 4.79 Å². The number of aryl methyl sites for hydroxylation is 1. The fourth-order valence-electron chi connectivity index (χ4n) is 2.45. The van der Waals surface area contributed by atoms with Crippen LogP contribution >= 0.6 is 11.6 Å². The number of amides is 1. The number of hydrogen-bond donors (Lipinski definition) is 1. The van der Waals surface area contributed by atoms with Gasteiger partial charge in [0.2, 0.25) is 5.91 Å². The van der Waals surface area contributed by atoms with Crippen LogP contribution in [0.25, 0.3) is 0 Å². The molecule has 1 amide bonds. The molecule has 1 saturated carbocycles. The van der Waals surface area contributed by atoms with Gasteiger partial charge in [-0.2, -0.15) is 0 Å². The predicted molar refractivity (Wildman–Crippen MR) is 74.8 cm³/mol. The number of hydrogen-bond acceptors (Lipinski definition) is 1. The first-order chi connectivity index (χ1) is 8.75. The van der Waals surface area contributed by atoms with E-state index in [-0.39, 0.29) is 17.3 Å². The summed E-state index contributed by atoms with van der Waals surface area (Å²) in [5.74, 6) is 0.142. The molecule has 0 bridgehead atoms. The highest BCUT2D eigenvalue weighted by Crippen LogP contribution is 2.24. The summed E-state index contributed by atoms with van der Waals surface area (Å²) >= 11 is 6.14. The molecular formula is C15H20ClNO. The number of halogens is 1. The van der Waals surface area contributed by atoms with Crippen LogP contribution in [0.2, 0.25) is 0 Å². The molecule has 18 heavy (non-hydrogen) atoms.